The molecule has 0 spiro atoms. The van der Waals surface area contributed by atoms with E-state index in [9.17, 15) is 9.18 Å². The predicted molar refractivity (Wildman–Crippen MR) is 158 cm³/mol. The second-order valence-corrected chi connectivity index (χ2v) is 11.7. The molecular formula is C33H33FN6O3. The van der Waals surface area contributed by atoms with Crippen LogP contribution in [0.3, 0.4) is 0 Å². The van der Waals surface area contributed by atoms with Crippen molar-refractivity contribution in [1.82, 2.24) is 19.4 Å². The number of ketones is 1. The van der Waals surface area contributed by atoms with Crippen molar-refractivity contribution >= 4 is 22.6 Å². The van der Waals surface area contributed by atoms with Crippen molar-refractivity contribution in [3.05, 3.63) is 82.9 Å². The van der Waals surface area contributed by atoms with Crippen LogP contribution in [0.15, 0.2) is 54.6 Å². The first kappa shape index (κ1) is 27.5. The summed E-state index contributed by atoms with van der Waals surface area (Å²) in [4.78, 5) is 26.8. The minimum Gasteiger partial charge on any atom is -0.473 e. The lowest BCUT2D eigenvalue weighted by atomic mass is 10.0. The third-order valence-electron chi connectivity index (χ3n) is 8.98. The van der Waals surface area contributed by atoms with Gasteiger partial charge >= 0.3 is 0 Å². The van der Waals surface area contributed by atoms with E-state index in [0.29, 0.717) is 29.1 Å². The molecule has 43 heavy (non-hydrogen) atoms. The minimum atomic E-state index is -0.461. The number of carbonyl (C=O) groups excluding carboxylic acids is 1. The highest BCUT2D eigenvalue weighted by Gasteiger charge is 2.40. The van der Waals surface area contributed by atoms with Crippen molar-refractivity contribution in [3.8, 4) is 11.9 Å². The van der Waals surface area contributed by atoms with E-state index in [2.05, 4.69) is 14.4 Å². The SMILES string of the molecule is CC(=O)c1ccc2nc(CN3CC[C@H]4C[C@@H]3CN4c3cccc(OCc4ccc(C#N)cc4F)n3)n(C[C@H]3CCO3)c2c1. The first-order chi connectivity index (χ1) is 20.9. The molecule has 10 heteroatoms. The molecule has 3 aliphatic rings. The summed E-state index contributed by atoms with van der Waals surface area (Å²) in [6.45, 7) is 5.71. The number of pyridine rings is 1. The summed E-state index contributed by atoms with van der Waals surface area (Å²) in [6.07, 6.45) is 3.27. The van der Waals surface area contributed by atoms with E-state index in [1.165, 1.54) is 6.07 Å². The molecule has 3 atom stereocenters. The molecule has 4 aromatic rings. The lowest BCUT2D eigenvalue weighted by Gasteiger charge is -2.33. The van der Waals surface area contributed by atoms with Crippen LogP contribution >= 0.6 is 0 Å². The fraction of sp³-hybridized carbons (Fsp3) is 0.394. The Morgan fingerprint density at radius 1 is 1.14 bits per heavy atom. The van der Waals surface area contributed by atoms with Gasteiger partial charge in [0.15, 0.2) is 5.78 Å². The van der Waals surface area contributed by atoms with Crippen LogP contribution in [0.4, 0.5) is 10.2 Å². The maximum Gasteiger partial charge on any atom is 0.215 e. The molecule has 0 saturated carbocycles. The number of likely N-dealkylation sites (tertiary alicyclic amines) is 1. The molecule has 2 aromatic heterocycles. The lowest BCUT2D eigenvalue weighted by Crippen LogP contribution is -2.41. The van der Waals surface area contributed by atoms with Crippen LogP contribution < -0.4 is 9.64 Å². The van der Waals surface area contributed by atoms with E-state index in [1.54, 1.807) is 25.1 Å². The van der Waals surface area contributed by atoms with Crippen LogP contribution in [0.25, 0.3) is 11.0 Å². The highest BCUT2D eigenvalue weighted by Crippen LogP contribution is 2.35. The van der Waals surface area contributed by atoms with E-state index in [-0.39, 0.29) is 24.1 Å². The van der Waals surface area contributed by atoms with E-state index in [4.69, 9.17) is 24.7 Å². The van der Waals surface area contributed by atoms with Gasteiger partial charge in [-0.05, 0) is 62.6 Å². The summed E-state index contributed by atoms with van der Waals surface area (Å²) in [5.74, 6) is 1.90. The van der Waals surface area contributed by atoms with Gasteiger partial charge in [0.05, 0.1) is 41.9 Å². The quantitative estimate of drug-likeness (QED) is 0.259. The Morgan fingerprint density at radius 3 is 2.79 bits per heavy atom. The number of anilines is 1. The fourth-order valence-electron chi connectivity index (χ4n) is 6.48. The summed E-state index contributed by atoms with van der Waals surface area (Å²) in [7, 11) is 0. The largest absolute Gasteiger partial charge is 0.473 e. The highest BCUT2D eigenvalue weighted by atomic mass is 19.1. The number of Topliss-reactive ketones (excluding diaryl/α,β-unsaturated/α-hetero) is 1. The van der Waals surface area contributed by atoms with E-state index < -0.39 is 5.82 Å². The van der Waals surface area contributed by atoms with Crippen molar-refractivity contribution in [3.63, 3.8) is 0 Å². The number of nitrogens with zero attached hydrogens (tertiary/aromatic N) is 6. The van der Waals surface area contributed by atoms with Crippen molar-refractivity contribution in [1.29, 1.82) is 5.26 Å². The number of hydrogen-bond acceptors (Lipinski definition) is 8. The molecular weight excluding hydrogens is 547 g/mol. The van der Waals surface area contributed by atoms with Crippen LogP contribution in [-0.4, -0.2) is 63.1 Å². The number of fused-ring (bicyclic) bond motifs is 3. The number of imidazole rings is 1. The number of hydrogen-bond donors (Lipinski definition) is 0. The standard InChI is InChI=1S/C33H33FN6O3/c1-21(41)23-7-8-29-30(14-23)40(18-27-10-12-42-27)32(36-29)19-38-11-9-25-15-26(38)17-39(25)31-3-2-4-33(37-31)43-20-24-6-5-22(16-35)13-28(24)34/h2-8,13-14,25-27H,9-12,15,17-20H2,1H3/t25-,26+,27+/m0/s1. The van der Waals surface area contributed by atoms with Gasteiger partial charge < -0.3 is 18.9 Å². The topological polar surface area (TPSA) is 96.5 Å². The second-order valence-electron chi connectivity index (χ2n) is 11.7. The molecule has 9 nitrogen and oxygen atoms in total. The van der Waals surface area contributed by atoms with Gasteiger partial charge in [0.1, 0.15) is 24.1 Å². The molecule has 220 valence electrons. The normalized spacial score (nSPS) is 21.5. The van der Waals surface area contributed by atoms with Gasteiger partial charge in [0.25, 0.3) is 0 Å². The number of aromatic nitrogens is 3. The molecule has 0 amide bonds. The molecule has 3 saturated heterocycles. The summed E-state index contributed by atoms with van der Waals surface area (Å²) in [6, 6.07) is 18.6. The molecule has 0 N–H and O–H groups in total. The van der Waals surface area contributed by atoms with Gasteiger partial charge in [-0.2, -0.15) is 10.2 Å². The van der Waals surface area contributed by atoms with Crippen molar-refractivity contribution in [2.45, 2.75) is 64.1 Å². The Labute approximate surface area is 249 Å². The van der Waals surface area contributed by atoms with Crippen LogP contribution in [0.1, 0.15) is 53.5 Å². The van der Waals surface area contributed by atoms with Crippen molar-refractivity contribution in [2.24, 2.45) is 0 Å². The molecule has 7 rings (SSSR count). The smallest absolute Gasteiger partial charge is 0.215 e. The summed E-state index contributed by atoms with van der Waals surface area (Å²) in [5, 5.41) is 8.98. The number of piperidine rings is 1. The number of benzene rings is 2. The van der Waals surface area contributed by atoms with Crippen molar-refractivity contribution in [2.75, 3.05) is 24.6 Å². The molecule has 5 heterocycles. The maximum atomic E-state index is 14.3. The number of halogens is 1. The average Bonchev–Trinajstić information content (AvgIpc) is 3.52. The van der Waals surface area contributed by atoms with Crippen LogP contribution in [0, 0.1) is 17.1 Å². The second kappa shape index (κ2) is 11.4. The number of carbonyl (C=O) groups is 1. The molecule has 3 fully saturated rings. The number of ether oxygens (including phenoxy) is 2. The first-order valence-electron chi connectivity index (χ1n) is 14.9. The minimum absolute atomic E-state index is 0.0363. The van der Waals surface area contributed by atoms with Gasteiger partial charge in [0, 0.05) is 49.0 Å². The van der Waals surface area contributed by atoms with Gasteiger partial charge in [-0.15, -0.1) is 0 Å². The number of rotatable bonds is 9. The molecule has 2 bridgehead atoms. The monoisotopic (exact) mass is 580 g/mol. The zero-order valence-electron chi connectivity index (χ0n) is 24.1. The lowest BCUT2D eigenvalue weighted by molar-refractivity contribution is -0.0592. The molecule has 0 radical (unpaired) electrons. The Balaban J connectivity index is 1.06. The van der Waals surface area contributed by atoms with Crippen LogP contribution in [-0.2, 0) is 24.4 Å². The van der Waals surface area contributed by atoms with Crippen LogP contribution in [0.2, 0.25) is 0 Å². The maximum absolute atomic E-state index is 14.3. The summed E-state index contributed by atoms with van der Waals surface area (Å²) < 4.78 is 28.2. The zero-order valence-corrected chi connectivity index (χ0v) is 24.1. The van der Waals surface area contributed by atoms with Gasteiger partial charge in [-0.25, -0.2) is 9.37 Å². The predicted octanol–water partition coefficient (Wildman–Crippen LogP) is 4.87. The Bertz CT molecular complexity index is 1730. The number of nitriles is 1. The molecule has 0 aliphatic carbocycles. The summed E-state index contributed by atoms with van der Waals surface area (Å²) >= 11 is 0. The summed E-state index contributed by atoms with van der Waals surface area (Å²) in [5.41, 5.74) is 3.25. The van der Waals surface area contributed by atoms with E-state index in [1.807, 2.05) is 36.4 Å². The fourth-order valence-corrected chi connectivity index (χ4v) is 6.48. The van der Waals surface area contributed by atoms with E-state index >= 15 is 0 Å². The van der Waals surface area contributed by atoms with Crippen LogP contribution in [0.5, 0.6) is 5.88 Å². The van der Waals surface area contributed by atoms with Gasteiger partial charge in [-0.3, -0.25) is 9.69 Å². The molecule has 0 unspecified atom stereocenters. The van der Waals surface area contributed by atoms with E-state index in [0.717, 1.165) is 74.7 Å². The first-order valence-corrected chi connectivity index (χ1v) is 14.9. The Morgan fingerprint density at radius 2 is 2.02 bits per heavy atom. The molecule has 2 aromatic carbocycles. The third kappa shape index (κ3) is 5.46. The Hall–Kier alpha value is -4.33. The van der Waals surface area contributed by atoms with Crippen molar-refractivity contribution < 1.29 is 18.7 Å². The Kier molecular flexibility index (Phi) is 7.29. The molecule has 3 aliphatic heterocycles. The zero-order chi connectivity index (χ0) is 29.5. The highest BCUT2D eigenvalue weighted by molar-refractivity contribution is 5.97. The van der Waals surface area contributed by atoms with Gasteiger partial charge in [0.2, 0.25) is 5.88 Å². The van der Waals surface area contributed by atoms with Gasteiger partial charge in [-0.1, -0.05) is 12.1 Å². The third-order valence-corrected chi connectivity index (χ3v) is 8.98. The average molecular weight is 581 g/mol.